The first-order chi connectivity index (χ1) is 11.7. The van der Waals surface area contributed by atoms with Gasteiger partial charge in [-0.05, 0) is 35.4 Å². The number of amides is 1. The fraction of sp³-hybridized carbons (Fsp3) is 0.316. The maximum Gasteiger partial charge on any atom is 0.254 e. The Hall–Kier alpha value is -1.88. The SMILES string of the molecule is COCc1cccc(C(=O)N2CCOC(c3cccc(Cl)c3)C2)c1. The number of carbonyl (C=O) groups is 1. The second-order valence-corrected chi connectivity index (χ2v) is 6.24. The summed E-state index contributed by atoms with van der Waals surface area (Å²) in [4.78, 5) is 14.6. The third-order valence-corrected chi connectivity index (χ3v) is 4.29. The number of morpholine rings is 1. The Morgan fingerprint density at radius 3 is 2.92 bits per heavy atom. The molecule has 1 unspecified atom stereocenters. The lowest BCUT2D eigenvalue weighted by molar-refractivity contribution is -0.0228. The van der Waals surface area contributed by atoms with Crippen LogP contribution in [-0.4, -0.2) is 37.6 Å². The molecule has 1 saturated heterocycles. The lowest BCUT2D eigenvalue weighted by Gasteiger charge is -2.33. The molecule has 0 bridgehead atoms. The molecule has 1 aliphatic heterocycles. The first-order valence-corrected chi connectivity index (χ1v) is 8.29. The smallest absolute Gasteiger partial charge is 0.254 e. The Bertz CT molecular complexity index is 719. The molecule has 24 heavy (non-hydrogen) atoms. The molecular formula is C19H20ClNO3. The van der Waals surface area contributed by atoms with Gasteiger partial charge < -0.3 is 14.4 Å². The average molecular weight is 346 g/mol. The summed E-state index contributed by atoms with van der Waals surface area (Å²) < 4.78 is 11.0. The van der Waals surface area contributed by atoms with E-state index in [2.05, 4.69) is 0 Å². The number of hydrogen-bond donors (Lipinski definition) is 0. The van der Waals surface area contributed by atoms with Gasteiger partial charge in [0.05, 0.1) is 19.8 Å². The largest absolute Gasteiger partial charge is 0.380 e. The molecule has 4 nitrogen and oxygen atoms in total. The van der Waals surface area contributed by atoms with Crippen molar-refractivity contribution >= 4 is 17.5 Å². The van der Waals surface area contributed by atoms with Gasteiger partial charge in [0.25, 0.3) is 5.91 Å². The summed E-state index contributed by atoms with van der Waals surface area (Å²) >= 11 is 6.06. The van der Waals surface area contributed by atoms with Gasteiger partial charge in [-0.25, -0.2) is 0 Å². The first kappa shape index (κ1) is 17.0. The lowest BCUT2D eigenvalue weighted by atomic mass is 10.1. The summed E-state index contributed by atoms with van der Waals surface area (Å²) in [5.74, 6) is 0.0169. The van der Waals surface area contributed by atoms with Crippen molar-refractivity contribution in [1.82, 2.24) is 4.90 Å². The van der Waals surface area contributed by atoms with Gasteiger partial charge in [0, 0.05) is 24.2 Å². The van der Waals surface area contributed by atoms with E-state index in [9.17, 15) is 4.79 Å². The van der Waals surface area contributed by atoms with E-state index < -0.39 is 0 Å². The molecule has 1 atom stereocenters. The molecule has 0 saturated carbocycles. The van der Waals surface area contributed by atoms with Gasteiger partial charge in [-0.1, -0.05) is 35.9 Å². The minimum Gasteiger partial charge on any atom is -0.380 e. The molecule has 0 N–H and O–H groups in total. The zero-order valence-electron chi connectivity index (χ0n) is 13.6. The number of methoxy groups -OCH3 is 1. The van der Waals surface area contributed by atoms with Crippen LogP contribution in [0, 0.1) is 0 Å². The van der Waals surface area contributed by atoms with Gasteiger partial charge >= 0.3 is 0 Å². The van der Waals surface area contributed by atoms with Crippen LogP contribution in [-0.2, 0) is 16.1 Å². The van der Waals surface area contributed by atoms with Gasteiger partial charge in [0.1, 0.15) is 6.10 Å². The zero-order chi connectivity index (χ0) is 16.9. The number of halogens is 1. The molecular weight excluding hydrogens is 326 g/mol. The van der Waals surface area contributed by atoms with Crippen LogP contribution in [0.25, 0.3) is 0 Å². The van der Waals surface area contributed by atoms with Gasteiger partial charge in [0.2, 0.25) is 0 Å². The summed E-state index contributed by atoms with van der Waals surface area (Å²) in [6.45, 7) is 2.12. The molecule has 2 aromatic rings. The molecule has 5 heteroatoms. The number of ether oxygens (including phenoxy) is 2. The lowest BCUT2D eigenvalue weighted by Crippen LogP contribution is -2.42. The van der Waals surface area contributed by atoms with Gasteiger partial charge in [0.15, 0.2) is 0 Å². The molecule has 1 fully saturated rings. The third kappa shape index (κ3) is 3.96. The summed E-state index contributed by atoms with van der Waals surface area (Å²) in [6.07, 6.45) is -0.149. The maximum absolute atomic E-state index is 12.8. The molecule has 0 spiro atoms. The highest BCUT2D eigenvalue weighted by atomic mass is 35.5. The summed E-state index contributed by atoms with van der Waals surface area (Å²) in [5.41, 5.74) is 2.66. The van der Waals surface area contributed by atoms with Crippen LogP contribution in [0.5, 0.6) is 0 Å². The molecule has 1 amide bonds. The molecule has 1 heterocycles. The zero-order valence-corrected chi connectivity index (χ0v) is 14.3. The Kier molecular flexibility index (Phi) is 5.51. The molecule has 126 valence electrons. The van der Waals surface area contributed by atoms with E-state index in [4.69, 9.17) is 21.1 Å². The Labute approximate surface area is 146 Å². The summed E-state index contributed by atoms with van der Waals surface area (Å²) in [5, 5.41) is 0.673. The molecule has 0 radical (unpaired) electrons. The number of nitrogens with zero attached hydrogens (tertiary/aromatic N) is 1. The van der Waals surface area contributed by atoms with Crippen LogP contribution in [0.4, 0.5) is 0 Å². The highest BCUT2D eigenvalue weighted by molar-refractivity contribution is 6.30. The molecule has 0 aromatic heterocycles. The second kappa shape index (κ2) is 7.79. The fourth-order valence-corrected chi connectivity index (χ4v) is 3.08. The van der Waals surface area contributed by atoms with E-state index >= 15 is 0 Å². The van der Waals surface area contributed by atoms with E-state index in [0.29, 0.717) is 36.9 Å². The molecule has 1 aliphatic rings. The summed E-state index contributed by atoms with van der Waals surface area (Å²) in [7, 11) is 1.64. The number of rotatable bonds is 4. The minimum absolute atomic E-state index is 0.0169. The van der Waals surface area contributed by atoms with Gasteiger partial charge in [-0.3, -0.25) is 4.79 Å². The molecule has 0 aliphatic carbocycles. The standard InChI is InChI=1S/C19H20ClNO3/c1-23-13-14-4-2-6-16(10-14)19(22)21-8-9-24-18(12-21)15-5-3-7-17(20)11-15/h2-7,10-11,18H,8-9,12-13H2,1H3. The van der Waals surface area contributed by atoms with Crippen LogP contribution in [0.2, 0.25) is 5.02 Å². The van der Waals surface area contributed by atoms with Crippen molar-refractivity contribution in [1.29, 1.82) is 0 Å². The van der Waals surface area contributed by atoms with Gasteiger partial charge in [-0.15, -0.1) is 0 Å². The van der Waals surface area contributed by atoms with Crippen LogP contribution in [0.15, 0.2) is 48.5 Å². The van der Waals surface area contributed by atoms with E-state index in [1.54, 1.807) is 7.11 Å². The van der Waals surface area contributed by atoms with E-state index in [1.165, 1.54) is 0 Å². The topological polar surface area (TPSA) is 38.8 Å². The Morgan fingerprint density at radius 1 is 1.29 bits per heavy atom. The van der Waals surface area contributed by atoms with Crippen molar-refractivity contribution in [2.24, 2.45) is 0 Å². The third-order valence-electron chi connectivity index (χ3n) is 4.06. The monoisotopic (exact) mass is 345 g/mol. The highest BCUT2D eigenvalue weighted by Gasteiger charge is 2.26. The van der Waals surface area contributed by atoms with Crippen LogP contribution >= 0.6 is 11.6 Å². The van der Waals surface area contributed by atoms with E-state index in [1.807, 2.05) is 53.4 Å². The van der Waals surface area contributed by atoms with Crippen molar-refractivity contribution in [2.75, 3.05) is 26.8 Å². The Morgan fingerprint density at radius 2 is 2.12 bits per heavy atom. The van der Waals surface area contributed by atoms with Crippen LogP contribution in [0.1, 0.15) is 27.6 Å². The molecule has 2 aromatic carbocycles. The second-order valence-electron chi connectivity index (χ2n) is 5.80. The van der Waals surface area contributed by atoms with E-state index in [-0.39, 0.29) is 12.0 Å². The predicted octanol–water partition coefficient (Wildman–Crippen LogP) is 3.70. The minimum atomic E-state index is -0.149. The maximum atomic E-state index is 12.8. The highest BCUT2D eigenvalue weighted by Crippen LogP contribution is 2.25. The van der Waals surface area contributed by atoms with Crippen molar-refractivity contribution in [3.05, 3.63) is 70.2 Å². The van der Waals surface area contributed by atoms with Crippen molar-refractivity contribution < 1.29 is 14.3 Å². The number of hydrogen-bond acceptors (Lipinski definition) is 3. The van der Waals surface area contributed by atoms with E-state index in [0.717, 1.165) is 11.1 Å². The molecule has 3 rings (SSSR count). The summed E-state index contributed by atoms with van der Waals surface area (Å²) in [6, 6.07) is 15.2. The number of benzene rings is 2. The fourth-order valence-electron chi connectivity index (χ4n) is 2.89. The Balaban J connectivity index is 1.74. The van der Waals surface area contributed by atoms with Crippen molar-refractivity contribution in [2.45, 2.75) is 12.7 Å². The van der Waals surface area contributed by atoms with Crippen molar-refractivity contribution in [3.63, 3.8) is 0 Å². The van der Waals surface area contributed by atoms with Crippen LogP contribution in [0.3, 0.4) is 0 Å². The number of carbonyl (C=O) groups excluding carboxylic acids is 1. The average Bonchev–Trinajstić information content (AvgIpc) is 2.62. The first-order valence-electron chi connectivity index (χ1n) is 7.91. The van der Waals surface area contributed by atoms with Crippen molar-refractivity contribution in [3.8, 4) is 0 Å². The quantitative estimate of drug-likeness (QED) is 0.848. The normalized spacial score (nSPS) is 17.8. The van der Waals surface area contributed by atoms with Crippen LogP contribution < -0.4 is 0 Å². The predicted molar refractivity (Wildman–Crippen MR) is 93.2 cm³/mol. The van der Waals surface area contributed by atoms with Gasteiger partial charge in [-0.2, -0.15) is 0 Å².